The summed E-state index contributed by atoms with van der Waals surface area (Å²) in [6.45, 7) is 9.60. The van der Waals surface area contributed by atoms with Crippen LogP contribution in [0.2, 0.25) is 0 Å². The predicted octanol–water partition coefficient (Wildman–Crippen LogP) is 3.67. The molecule has 3 aliphatic heterocycles. The van der Waals surface area contributed by atoms with E-state index in [1.165, 1.54) is 38.5 Å². The predicted molar refractivity (Wildman–Crippen MR) is 142 cm³/mol. The fourth-order valence-corrected chi connectivity index (χ4v) is 6.49. The molecule has 8 heteroatoms. The van der Waals surface area contributed by atoms with Gasteiger partial charge in [-0.2, -0.15) is 0 Å². The summed E-state index contributed by atoms with van der Waals surface area (Å²) in [4.78, 5) is 17.7. The summed E-state index contributed by atoms with van der Waals surface area (Å²) >= 11 is 0. The van der Waals surface area contributed by atoms with E-state index in [2.05, 4.69) is 34.0 Å². The molecule has 8 nitrogen and oxygen atoms in total. The highest BCUT2D eigenvalue weighted by molar-refractivity contribution is 5.79. The van der Waals surface area contributed by atoms with Crippen molar-refractivity contribution in [2.24, 2.45) is 11.8 Å². The monoisotopic (exact) mass is 511 g/mol. The van der Waals surface area contributed by atoms with Gasteiger partial charge in [-0.1, -0.05) is 30.9 Å². The van der Waals surface area contributed by atoms with Crippen molar-refractivity contribution in [2.45, 2.75) is 102 Å². The molecule has 4 heterocycles. The van der Waals surface area contributed by atoms with Gasteiger partial charge in [0, 0.05) is 45.8 Å². The van der Waals surface area contributed by atoms with Crippen LogP contribution in [0, 0.1) is 23.7 Å². The lowest BCUT2D eigenvalue weighted by Gasteiger charge is -2.37. The fraction of sp³-hybridized carbons (Fsp3) is 0.828. The number of carbonyl (C=O) groups is 1. The van der Waals surface area contributed by atoms with Crippen LogP contribution in [0.1, 0.15) is 89.8 Å². The summed E-state index contributed by atoms with van der Waals surface area (Å²) in [5.41, 5.74) is 0.755. The molecule has 5 atom stereocenters. The van der Waals surface area contributed by atoms with Crippen LogP contribution in [-0.4, -0.2) is 88.3 Å². The van der Waals surface area contributed by atoms with E-state index in [-0.39, 0.29) is 30.1 Å². The Kier molecular flexibility index (Phi) is 9.17. The lowest BCUT2D eigenvalue weighted by atomic mass is 9.99. The Morgan fingerprint density at radius 2 is 1.86 bits per heavy atom. The first kappa shape index (κ1) is 26.6. The van der Waals surface area contributed by atoms with E-state index >= 15 is 0 Å². The Bertz CT molecular complexity index is 935. The Morgan fingerprint density at radius 1 is 1.05 bits per heavy atom. The second kappa shape index (κ2) is 12.7. The summed E-state index contributed by atoms with van der Waals surface area (Å²) in [5.74, 6) is 7.42. The molecule has 1 aliphatic carbocycles. The number of piperazine rings is 1. The van der Waals surface area contributed by atoms with Gasteiger partial charge in [-0.05, 0) is 63.7 Å². The molecule has 5 rings (SSSR count). The fourth-order valence-electron chi connectivity index (χ4n) is 6.49. The first-order valence-electron chi connectivity index (χ1n) is 14.7. The average Bonchev–Trinajstić information content (AvgIpc) is 3.72. The van der Waals surface area contributed by atoms with Crippen molar-refractivity contribution < 1.29 is 14.3 Å². The molecule has 37 heavy (non-hydrogen) atoms. The molecule has 1 amide bonds. The number of aromatic nitrogens is 3. The Balaban J connectivity index is 1.03. The zero-order valence-corrected chi connectivity index (χ0v) is 22.8. The van der Waals surface area contributed by atoms with Gasteiger partial charge >= 0.3 is 0 Å². The lowest BCUT2D eigenvalue weighted by Crippen LogP contribution is -2.52. The highest BCUT2D eigenvalue weighted by atomic mass is 16.5. The molecule has 0 aromatic carbocycles. The van der Waals surface area contributed by atoms with Crippen molar-refractivity contribution in [2.75, 3.05) is 39.3 Å². The molecule has 1 aromatic rings. The molecule has 1 aromatic heterocycles. The third kappa shape index (κ3) is 7.13. The van der Waals surface area contributed by atoms with Crippen LogP contribution in [0.25, 0.3) is 0 Å². The number of hydrogen-bond donors (Lipinski definition) is 0. The second-order valence-corrected chi connectivity index (χ2v) is 11.7. The maximum Gasteiger partial charge on any atom is 0.228 e. The molecule has 0 radical (unpaired) electrons. The topological polar surface area (TPSA) is 72.7 Å². The maximum absolute atomic E-state index is 13.2. The van der Waals surface area contributed by atoms with E-state index in [4.69, 9.17) is 9.47 Å². The maximum atomic E-state index is 13.2. The minimum Gasteiger partial charge on any atom is -0.377 e. The van der Waals surface area contributed by atoms with Crippen molar-refractivity contribution in [1.29, 1.82) is 0 Å². The number of rotatable bonds is 8. The smallest absolute Gasteiger partial charge is 0.228 e. The van der Waals surface area contributed by atoms with Crippen molar-refractivity contribution in [3.8, 4) is 11.8 Å². The third-order valence-corrected chi connectivity index (χ3v) is 8.91. The van der Waals surface area contributed by atoms with Gasteiger partial charge in [0.2, 0.25) is 5.91 Å². The molecule has 4 aliphatic rings. The molecule has 0 bridgehead atoms. The number of amides is 1. The van der Waals surface area contributed by atoms with E-state index in [0.717, 1.165) is 76.6 Å². The summed E-state index contributed by atoms with van der Waals surface area (Å²) < 4.78 is 14.1. The van der Waals surface area contributed by atoms with E-state index in [1.807, 2.05) is 22.7 Å². The lowest BCUT2D eigenvalue weighted by molar-refractivity contribution is -0.141. The summed E-state index contributed by atoms with van der Waals surface area (Å²) in [5, 5.41) is 8.59. The van der Waals surface area contributed by atoms with Crippen LogP contribution in [0.3, 0.4) is 0 Å². The average molecular weight is 512 g/mol. The Morgan fingerprint density at radius 3 is 2.62 bits per heavy atom. The van der Waals surface area contributed by atoms with Gasteiger partial charge < -0.3 is 14.4 Å². The summed E-state index contributed by atoms with van der Waals surface area (Å²) in [7, 11) is 0. The Hall–Kier alpha value is -1.95. The minimum atomic E-state index is -0.0989. The normalized spacial score (nSPS) is 28.8. The number of hydrogen-bond acceptors (Lipinski definition) is 6. The third-order valence-electron chi connectivity index (χ3n) is 8.91. The molecule has 1 saturated carbocycles. The SMILES string of the molecule is C[C@H](C[C@@H]1CC[C@H]([C@@H](C)C(=O)N2CCN(CC3CCCO3)CC2)O1)n1cc(C#CCC2CCCC2)nn1. The van der Waals surface area contributed by atoms with Crippen molar-refractivity contribution in [3.63, 3.8) is 0 Å². The highest BCUT2D eigenvalue weighted by Gasteiger charge is 2.36. The molecule has 1 unspecified atom stereocenters. The zero-order chi connectivity index (χ0) is 25.6. The van der Waals surface area contributed by atoms with E-state index in [9.17, 15) is 4.79 Å². The molecular weight excluding hydrogens is 466 g/mol. The van der Waals surface area contributed by atoms with Crippen molar-refractivity contribution in [1.82, 2.24) is 24.8 Å². The molecule has 0 spiro atoms. The molecule has 0 N–H and O–H groups in total. The highest BCUT2D eigenvalue weighted by Crippen LogP contribution is 2.31. The molecular formula is C29H45N5O3. The number of ether oxygens (including phenoxy) is 2. The van der Waals surface area contributed by atoms with E-state index in [0.29, 0.717) is 6.10 Å². The minimum absolute atomic E-state index is 0.00220. The Labute approximate surface area is 222 Å². The van der Waals surface area contributed by atoms with Crippen molar-refractivity contribution in [3.05, 3.63) is 11.9 Å². The largest absolute Gasteiger partial charge is 0.377 e. The van der Waals surface area contributed by atoms with E-state index in [1.54, 1.807) is 0 Å². The molecule has 204 valence electrons. The molecule has 3 saturated heterocycles. The quantitative estimate of drug-likeness (QED) is 0.496. The zero-order valence-electron chi connectivity index (χ0n) is 22.8. The van der Waals surface area contributed by atoms with Crippen molar-refractivity contribution >= 4 is 5.91 Å². The second-order valence-electron chi connectivity index (χ2n) is 11.7. The van der Waals surface area contributed by atoms with Crippen LogP contribution in [0.5, 0.6) is 0 Å². The van der Waals surface area contributed by atoms with Crippen LogP contribution < -0.4 is 0 Å². The van der Waals surface area contributed by atoms with Crippen LogP contribution in [-0.2, 0) is 14.3 Å². The first-order chi connectivity index (χ1) is 18.0. The summed E-state index contributed by atoms with van der Waals surface area (Å²) in [6, 6.07) is 0.185. The van der Waals surface area contributed by atoms with Gasteiger partial charge in [-0.3, -0.25) is 9.69 Å². The number of carbonyl (C=O) groups excluding carboxylic acids is 1. The van der Waals surface area contributed by atoms with Crippen LogP contribution in [0.15, 0.2) is 6.20 Å². The van der Waals surface area contributed by atoms with E-state index < -0.39 is 0 Å². The van der Waals surface area contributed by atoms with Gasteiger partial charge in [0.15, 0.2) is 5.69 Å². The summed E-state index contributed by atoms with van der Waals surface area (Å²) in [6.07, 6.45) is 14.0. The van der Waals surface area contributed by atoms with Gasteiger partial charge in [-0.15, -0.1) is 5.10 Å². The standard InChI is InChI=1S/C29H45N5O3/c1-22(34-20-25(30-31-34)10-5-9-24-7-3-4-8-24)19-26-12-13-28(37-26)23(2)29(35)33-16-14-32(15-17-33)21-27-11-6-18-36-27/h20,22-24,26-28H,3-4,6-9,11-19,21H2,1-2H3/t22-,23-,26+,27?,28-/m1/s1. The van der Waals surface area contributed by atoms with Gasteiger partial charge in [-0.25, -0.2) is 4.68 Å². The van der Waals surface area contributed by atoms with Gasteiger partial charge in [0.1, 0.15) is 0 Å². The van der Waals surface area contributed by atoms with Gasteiger partial charge in [0.25, 0.3) is 0 Å². The number of nitrogens with zero attached hydrogens (tertiary/aromatic N) is 5. The van der Waals surface area contributed by atoms with Crippen LogP contribution >= 0.6 is 0 Å². The first-order valence-corrected chi connectivity index (χ1v) is 14.7. The van der Waals surface area contributed by atoms with Crippen LogP contribution in [0.4, 0.5) is 0 Å². The van der Waals surface area contributed by atoms with Gasteiger partial charge in [0.05, 0.1) is 36.5 Å². The molecule has 4 fully saturated rings.